The van der Waals surface area contributed by atoms with Crippen molar-refractivity contribution >= 4 is 17.3 Å². The highest BCUT2D eigenvalue weighted by Gasteiger charge is 2.38. The third-order valence-electron chi connectivity index (χ3n) is 3.90. The van der Waals surface area contributed by atoms with Crippen LogP contribution in [-0.4, -0.2) is 32.9 Å². The Bertz CT molecular complexity index is 617. The van der Waals surface area contributed by atoms with Gasteiger partial charge >= 0.3 is 0 Å². The summed E-state index contributed by atoms with van der Waals surface area (Å²) in [4.78, 5) is 0. The van der Waals surface area contributed by atoms with E-state index < -0.39 is 0 Å². The van der Waals surface area contributed by atoms with E-state index in [0.29, 0.717) is 23.1 Å². The highest BCUT2D eigenvalue weighted by atomic mass is 35.5. The smallest absolute Gasteiger partial charge is 0.183 e. The number of ether oxygens (including phenoxy) is 1. The number of halogens is 1. The molecule has 1 aliphatic rings. The van der Waals surface area contributed by atoms with Gasteiger partial charge in [-0.25, -0.2) is 4.68 Å². The van der Waals surface area contributed by atoms with Crippen LogP contribution in [0, 0.1) is 0 Å². The van der Waals surface area contributed by atoms with Gasteiger partial charge in [-0.1, -0.05) is 11.6 Å². The van der Waals surface area contributed by atoms with E-state index in [1.54, 1.807) is 23.9 Å². The standard InChI is InChI=1S/C13H16ClN5O/c1-20-13(5-2-6-13)8-19-12(16-17-18-19)10-4-3-9(15)7-11(10)14/h3-4,7H,2,5-6,8,15H2,1H3. The van der Waals surface area contributed by atoms with Crippen LogP contribution in [-0.2, 0) is 11.3 Å². The van der Waals surface area contributed by atoms with Crippen LogP contribution in [0.15, 0.2) is 18.2 Å². The molecule has 2 N–H and O–H groups in total. The van der Waals surface area contributed by atoms with Gasteiger partial charge in [-0.3, -0.25) is 0 Å². The molecule has 0 unspecified atom stereocenters. The molecular formula is C13H16ClN5O. The van der Waals surface area contributed by atoms with Crippen LogP contribution >= 0.6 is 11.6 Å². The molecule has 20 heavy (non-hydrogen) atoms. The van der Waals surface area contributed by atoms with Crippen molar-refractivity contribution in [2.24, 2.45) is 0 Å². The molecule has 0 spiro atoms. The molecule has 2 aromatic rings. The minimum atomic E-state index is -0.148. The monoisotopic (exact) mass is 293 g/mol. The van der Waals surface area contributed by atoms with E-state index in [1.165, 1.54) is 6.42 Å². The fraction of sp³-hybridized carbons (Fsp3) is 0.462. The van der Waals surface area contributed by atoms with E-state index in [2.05, 4.69) is 15.5 Å². The number of hydrogen-bond donors (Lipinski definition) is 1. The zero-order chi connectivity index (χ0) is 14.2. The van der Waals surface area contributed by atoms with Crippen molar-refractivity contribution in [3.63, 3.8) is 0 Å². The van der Waals surface area contributed by atoms with Crippen LogP contribution in [0.2, 0.25) is 5.02 Å². The Morgan fingerprint density at radius 2 is 2.25 bits per heavy atom. The van der Waals surface area contributed by atoms with E-state index in [1.807, 2.05) is 6.07 Å². The fourth-order valence-electron chi connectivity index (χ4n) is 2.49. The lowest BCUT2D eigenvalue weighted by Crippen LogP contribution is -2.43. The molecule has 1 fully saturated rings. The molecule has 1 aromatic heterocycles. The summed E-state index contributed by atoms with van der Waals surface area (Å²) in [6.07, 6.45) is 3.23. The van der Waals surface area contributed by atoms with Gasteiger partial charge in [0.25, 0.3) is 0 Å². The molecular weight excluding hydrogens is 278 g/mol. The highest BCUT2D eigenvalue weighted by Crippen LogP contribution is 2.37. The van der Waals surface area contributed by atoms with E-state index in [0.717, 1.165) is 18.4 Å². The zero-order valence-corrected chi connectivity index (χ0v) is 12.0. The lowest BCUT2D eigenvalue weighted by atomic mass is 9.80. The summed E-state index contributed by atoms with van der Waals surface area (Å²) < 4.78 is 7.37. The van der Waals surface area contributed by atoms with Crippen molar-refractivity contribution in [2.75, 3.05) is 12.8 Å². The second kappa shape index (κ2) is 5.03. The summed E-state index contributed by atoms with van der Waals surface area (Å²) in [5.41, 5.74) is 6.95. The number of benzene rings is 1. The van der Waals surface area contributed by atoms with Crippen molar-refractivity contribution in [1.82, 2.24) is 20.2 Å². The lowest BCUT2D eigenvalue weighted by molar-refractivity contribution is -0.0855. The number of nitrogens with zero attached hydrogens (tertiary/aromatic N) is 4. The number of nitrogen functional groups attached to an aromatic ring is 1. The quantitative estimate of drug-likeness (QED) is 0.874. The molecule has 1 aliphatic carbocycles. The largest absolute Gasteiger partial charge is 0.399 e. The highest BCUT2D eigenvalue weighted by molar-refractivity contribution is 6.33. The molecule has 0 amide bonds. The molecule has 1 heterocycles. The van der Waals surface area contributed by atoms with Gasteiger partial charge in [-0.15, -0.1) is 5.10 Å². The van der Waals surface area contributed by atoms with E-state index in [9.17, 15) is 0 Å². The number of aromatic nitrogens is 4. The molecule has 3 rings (SSSR count). The normalized spacial score (nSPS) is 16.9. The number of tetrazole rings is 1. The minimum Gasteiger partial charge on any atom is -0.399 e. The number of anilines is 1. The Kier molecular flexibility index (Phi) is 3.35. The van der Waals surface area contributed by atoms with Crippen molar-refractivity contribution in [1.29, 1.82) is 0 Å². The molecule has 6 nitrogen and oxygen atoms in total. The van der Waals surface area contributed by atoms with Gasteiger partial charge in [-0.2, -0.15) is 0 Å². The minimum absolute atomic E-state index is 0.148. The number of nitrogens with two attached hydrogens (primary N) is 1. The number of hydrogen-bond acceptors (Lipinski definition) is 5. The average Bonchev–Trinajstić information content (AvgIpc) is 2.82. The zero-order valence-electron chi connectivity index (χ0n) is 11.2. The third-order valence-corrected chi connectivity index (χ3v) is 4.21. The fourth-order valence-corrected chi connectivity index (χ4v) is 2.76. The van der Waals surface area contributed by atoms with Crippen molar-refractivity contribution in [3.05, 3.63) is 23.2 Å². The lowest BCUT2D eigenvalue weighted by Gasteiger charge is -2.40. The van der Waals surface area contributed by atoms with Gasteiger partial charge in [0.05, 0.1) is 17.2 Å². The molecule has 0 bridgehead atoms. The van der Waals surface area contributed by atoms with Crippen LogP contribution in [0.5, 0.6) is 0 Å². The SMILES string of the molecule is COC1(Cn2nnnc2-c2ccc(N)cc2Cl)CCC1. The summed E-state index contributed by atoms with van der Waals surface area (Å²) in [6, 6.07) is 5.32. The van der Waals surface area contributed by atoms with E-state index in [4.69, 9.17) is 22.1 Å². The third kappa shape index (κ3) is 2.25. The van der Waals surface area contributed by atoms with Gasteiger partial charge in [0, 0.05) is 18.4 Å². The summed E-state index contributed by atoms with van der Waals surface area (Å²) >= 11 is 6.23. The van der Waals surface area contributed by atoms with Crippen molar-refractivity contribution in [2.45, 2.75) is 31.4 Å². The Morgan fingerprint density at radius 3 is 2.85 bits per heavy atom. The summed E-state index contributed by atoms with van der Waals surface area (Å²) in [5, 5.41) is 12.4. The van der Waals surface area contributed by atoms with Crippen LogP contribution in [0.25, 0.3) is 11.4 Å². The van der Waals surface area contributed by atoms with Crippen molar-refractivity contribution in [3.8, 4) is 11.4 Å². The molecule has 0 saturated heterocycles. The van der Waals surface area contributed by atoms with E-state index >= 15 is 0 Å². The van der Waals surface area contributed by atoms with E-state index in [-0.39, 0.29) is 5.60 Å². The molecule has 106 valence electrons. The predicted octanol–water partition coefficient (Wildman–Crippen LogP) is 2.14. The summed E-state index contributed by atoms with van der Waals surface area (Å²) in [7, 11) is 1.74. The topological polar surface area (TPSA) is 78.8 Å². The van der Waals surface area contributed by atoms with Crippen LogP contribution in [0.3, 0.4) is 0 Å². The number of methoxy groups -OCH3 is 1. The van der Waals surface area contributed by atoms with Crippen molar-refractivity contribution < 1.29 is 4.74 Å². The molecule has 0 aliphatic heterocycles. The second-order valence-electron chi connectivity index (χ2n) is 5.14. The van der Waals surface area contributed by atoms with Crippen LogP contribution < -0.4 is 5.73 Å². The Labute approximate surface area is 121 Å². The second-order valence-corrected chi connectivity index (χ2v) is 5.55. The maximum atomic E-state index is 6.23. The van der Waals surface area contributed by atoms with Crippen LogP contribution in [0.1, 0.15) is 19.3 Å². The summed E-state index contributed by atoms with van der Waals surface area (Å²) in [5.74, 6) is 0.637. The average molecular weight is 294 g/mol. The van der Waals surface area contributed by atoms with Gasteiger partial charge in [0.15, 0.2) is 5.82 Å². The van der Waals surface area contributed by atoms with Gasteiger partial charge in [-0.05, 0) is 47.9 Å². The first-order valence-corrected chi connectivity index (χ1v) is 6.88. The predicted molar refractivity (Wildman–Crippen MR) is 76.3 cm³/mol. The number of rotatable bonds is 4. The molecule has 1 saturated carbocycles. The summed E-state index contributed by atoms with van der Waals surface area (Å²) in [6.45, 7) is 0.631. The van der Waals surface area contributed by atoms with Gasteiger partial charge in [0.1, 0.15) is 0 Å². The first kappa shape index (κ1) is 13.3. The van der Waals surface area contributed by atoms with Crippen LogP contribution in [0.4, 0.5) is 5.69 Å². The molecule has 7 heteroatoms. The molecule has 0 radical (unpaired) electrons. The molecule has 0 atom stereocenters. The molecule has 1 aromatic carbocycles. The maximum absolute atomic E-state index is 6.23. The maximum Gasteiger partial charge on any atom is 0.183 e. The Balaban J connectivity index is 1.93. The Morgan fingerprint density at radius 1 is 1.45 bits per heavy atom. The Hall–Kier alpha value is -1.66. The van der Waals surface area contributed by atoms with Gasteiger partial charge in [0.2, 0.25) is 0 Å². The first-order chi connectivity index (χ1) is 9.63. The first-order valence-electron chi connectivity index (χ1n) is 6.50. The van der Waals surface area contributed by atoms with Gasteiger partial charge < -0.3 is 10.5 Å².